The Bertz CT molecular complexity index is 574. The van der Waals surface area contributed by atoms with Crippen molar-refractivity contribution in [1.82, 2.24) is 9.88 Å². The summed E-state index contributed by atoms with van der Waals surface area (Å²) in [6.45, 7) is 7.53. The van der Waals surface area contributed by atoms with Gasteiger partial charge < -0.3 is 9.88 Å². The highest BCUT2D eigenvalue weighted by atomic mass is 15.0. The van der Waals surface area contributed by atoms with Crippen LogP contribution in [0, 0.1) is 20.8 Å². The molecule has 1 N–H and O–H groups in total. The number of hydrogen-bond acceptors (Lipinski definition) is 1. The number of nitrogens with zero attached hydrogens (tertiary/aromatic N) is 1. The molecule has 0 unspecified atom stereocenters. The van der Waals surface area contributed by atoms with Gasteiger partial charge in [-0.2, -0.15) is 0 Å². The van der Waals surface area contributed by atoms with Crippen LogP contribution in [0.1, 0.15) is 35.4 Å². The topological polar surface area (TPSA) is 17.0 Å². The van der Waals surface area contributed by atoms with Gasteiger partial charge in [-0.25, -0.2) is 0 Å². The number of nitrogens with one attached hydrogen (secondary N) is 1. The molecule has 0 radical (unpaired) electrons. The molecule has 1 aliphatic rings. The first-order valence-electron chi connectivity index (χ1n) is 7.13. The van der Waals surface area contributed by atoms with Crippen molar-refractivity contribution in [1.29, 1.82) is 0 Å². The minimum Gasteiger partial charge on any atom is -0.318 e. The van der Waals surface area contributed by atoms with Gasteiger partial charge >= 0.3 is 0 Å². The average Bonchev–Trinajstić information content (AvgIpc) is 3.16. The maximum absolute atomic E-state index is 3.60. The lowest BCUT2D eigenvalue weighted by molar-refractivity contribution is 0.684. The van der Waals surface area contributed by atoms with Crippen LogP contribution in [-0.2, 0) is 6.54 Å². The third-order valence-corrected chi connectivity index (χ3v) is 3.99. The molecule has 0 amide bonds. The smallest absolute Gasteiger partial charge is 0.0455 e. The van der Waals surface area contributed by atoms with Crippen LogP contribution in [0.25, 0.3) is 5.69 Å². The Morgan fingerprint density at radius 1 is 1.11 bits per heavy atom. The molecule has 1 heterocycles. The second kappa shape index (κ2) is 4.86. The van der Waals surface area contributed by atoms with Crippen LogP contribution < -0.4 is 5.32 Å². The van der Waals surface area contributed by atoms with Gasteiger partial charge in [-0.05, 0) is 57.4 Å². The Kier molecular flexibility index (Phi) is 3.19. The zero-order chi connectivity index (χ0) is 13.4. The number of aromatic nitrogens is 1. The number of hydrogen-bond donors (Lipinski definition) is 1. The molecule has 2 heteroatoms. The molecule has 0 atom stereocenters. The fourth-order valence-electron chi connectivity index (χ4n) is 2.64. The standard InChI is InChI=1S/C17H22N2/c1-12-4-8-17(9-5-12)19-13(2)10-15(14(19)3)11-18-16-6-7-16/h4-5,8-10,16,18H,6-7,11H2,1-3H3. The van der Waals surface area contributed by atoms with Crippen molar-refractivity contribution in [2.45, 2.75) is 46.2 Å². The van der Waals surface area contributed by atoms with E-state index < -0.39 is 0 Å². The van der Waals surface area contributed by atoms with E-state index in [4.69, 9.17) is 0 Å². The quantitative estimate of drug-likeness (QED) is 0.881. The first-order valence-corrected chi connectivity index (χ1v) is 7.13. The van der Waals surface area contributed by atoms with Crippen LogP contribution in [0.4, 0.5) is 0 Å². The lowest BCUT2D eigenvalue weighted by atomic mass is 10.2. The van der Waals surface area contributed by atoms with Gasteiger partial charge in [0.15, 0.2) is 0 Å². The van der Waals surface area contributed by atoms with E-state index in [0.717, 1.165) is 12.6 Å². The Morgan fingerprint density at radius 3 is 2.42 bits per heavy atom. The van der Waals surface area contributed by atoms with Crippen molar-refractivity contribution in [2.75, 3.05) is 0 Å². The summed E-state index contributed by atoms with van der Waals surface area (Å²) in [6.07, 6.45) is 2.69. The van der Waals surface area contributed by atoms with Gasteiger partial charge in [0.25, 0.3) is 0 Å². The molecule has 0 bridgehead atoms. The van der Waals surface area contributed by atoms with Crippen molar-refractivity contribution in [3.05, 3.63) is 52.8 Å². The Labute approximate surface area is 115 Å². The van der Waals surface area contributed by atoms with Crippen LogP contribution in [0.5, 0.6) is 0 Å². The zero-order valence-electron chi connectivity index (χ0n) is 12.0. The third kappa shape index (κ3) is 2.59. The van der Waals surface area contributed by atoms with E-state index >= 15 is 0 Å². The first-order chi connectivity index (χ1) is 9.15. The highest BCUT2D eigenvalue weighted by molar-refractivity contribution is 5.42. The Morgan fingerprint density at radius 2 is 1.79 bits per heavy atom. The molecular formula is C17H22N2. The lowest BCUT2D eigenvalue weighted by Crippen LogP contribution is -2.15. The van der Waals surface area contributed by atoms with E-state index in [2.05, 4.69) is 61.0 Å². The summed E-state index contributed by atoms with van der Waals surface area (Å²) in [5, 5.41) is 3.60. The fraction of sp³-hybridized carbons (Fsp3) is 0.412. The van der Waals surface area contributed by atoms with Crippen LogP contribution in [-0.4, -0.2) is 10.6 Å². The normalized spacial score (nSPS) is 14.9. The number of benzene rings is 1. The molecule has 0 spiro atoms. The van der Waals surface area contributed by atoms with Gasteiger partial charge in [0.05, 0.1) is 0 Å². The zero-order valence-corrected chi connectivity index (χ0v) is 12.0. The summed E-state index contributed by atoms with van der Waals surface area (Å²) >= 11 is 0. The van der Waals surface area contributed by atoms with Crippen molar-refractivity contribution in [3.63, 3.8) is 0 Å². The number of rotatable bonds is 4. The Balaban J connectivity index is 1.89. The molecule has 1 aliphatic carbocycles. The minimum atomic E-state index is 0.766. The lowest BCUT2D eigenvalue weighted by Gasteiger charge is -2.10. The molecular weight excluding hydrogens is 232 g/mol. The van der Waals surface area contributed by atoms with E-state index in [0.29, 0.717) is 0 Å². The maximum atomic E-state index is 3.60. The molecule has 1 fully saturated rings. The second-order valence-electron chi connectivity index (χ2n) is 5.72. The molecule has 2 nitrogen and oxygen atoms in total. The SMILES string of the molecule is Cc1ccc(-n2c(C)cc(CNC3CC3)c2C)cc1. The summed E-state index contributed by atoms with van der Waals surface area (Å²) in [4.78, 5) is 0. The highest BCUT2D eigenvalue weighted by Crippen LogP contribution is 2.23. The molecule has 1 aromatic carbocycles. The minimum absolute atomic E-state index is 0.766. The first kappa shape index (κ1) is 12.5. The van der Waals surface area contributed by atoms with E-state index in [9.17, 15) is 0 Å². The average molecular weight is 254 g/mol. The van der Waals surface area contributed by atoms with E-state index in [1.54, 1.807) is 0 Å². The van der Waals surface area contributed by atoms with Gasteiger partial charge in [-0.1, -0.05) is 17.7 Å². The molecule has 3 rings (SSSR count). The van der Waals surface area contributed by atoms with Gasteiger partial charge in [0.1, 0.15) is 0 Å². The predicted octanol–water partition coefficient (Wildman–Crippen LogP) is 3.65. The monoisotopic (exact) mass is 254 g/mol. The van der Waals surface area contributed by atoms with Gasteiger partial charge in [-0.3, -0.25) is 0 Å². The largest absolute Gasteiger partial charge is 0.318 e. The van der Waals surface area contributed by atoms with E-state index in [1.807, 2.05) is 0 Å². The van der Waals surface area contributed by atoms with E-state index in [1.165, 1.54) is 41.0 Å². The molecule has 19 heavy (non-hydrogen) atoms. The van der Waals surface area contributed by atoms with Crippen LogP contribution >= 0.6 is 0 Å². The summed E-state index contributed by atoms with van der Waals surface area (Å²) < 4.78 is 2.35. The molecule has 1 saturated carbocycles. The van der Waals surface area contributed by atoms with Gasteiger partial charge in [-0.15, -0.1) is 0 Å². The third-order valence-electron chi connectivity index (χ3n) is 3.99. The van der Waals surface area contributed by atoms with Crippen molar-refractivity contribution < 1.29 is 0 Å². The van der Waals surface area contributed by atoms with E-state index in [-0.39, 0.29) is 0 Å². The van der Waals surface area contributed by atoms with Gasteiger partial charge in [0.2, 0.25) is 0 Å². The van der Waals surface area contributed by atoms with Crippen molar-refractivity contribution >= 4 is 0 Å². The Hall–Kier alpha value is -1.54. The second-order valence-corrected chi connectivity index (χ2v) is 5.72. The summed E-state index contributed by atoms with van der Waals surface area (Å²) in [5.41, 5.74) is 6.66. The van der Waals surface area contributed by atoms with Crippen LogP contribution in [0.15, 0.2) is 30.3 Å². The summed E-state index contributed by atoms with van der Waals surface area (Å²) in [5.74, 6) is 0. The molecule has 100 valence electrons. The number of aryl methyl sites for hydroxylation is 2. The van der Waals surface area contributed by atoms with Crippen LogP contribution in [0.2, 0.25) is 0 Å². The molecule has 0 saturated heterocycles. The predicted molar refractivity (Wildman–Crippen MR) is 79.8 cm³/mol. The fourth-order valence-corrected chi connectivity index (χ4v) is 2.64. The van der Waals surface area contributed by atoms with Crippen molar-refractivity contribution in [2.24, 2.45) is 0 Å². The molecule has 0 aliphatic heterocycles. The summed E-state index contributed by atoms with van der Waals surface area (Å²) in [6, 6.07) is 11.8. The van der Waals surface area contributed by atoms with Crippen molar-refractivity contribution in [3.8, 4) is 5.69 Å². The molecule has 1 aromatic heterocycles. The summed E-state index contributed by atoms with van der Waals surface area (Å²) in [7, 11) is 0. The van der Waals surface area contributed by atoms with Crippen LogP contribution in [0.3, 0.4) is 0 Å². The van der Waals surface area contributed by atoms with Gasteiger partial charge in [0, 0.05) is 29.7 Å². The molecule has 2 aromatic rings. The highest BCUT2D eigenvalue weighted by Gasteiger charge is 2.21. The maximum Gasteiger partial charge on any atom is 0.0455 e.